The van der Waals surface area contributed by atoms with Gasteiger partial charge in [0.25, 0.3) is 0 Å². The molecule has 1 saturated carbocycles. The SMILES string of the molecule is O=C(CN1CCN(C[C@H](O)C2CC2)CC1)Nc1cccnc1. The Morgan fingerprint density at radius 3 is 2.68 bits per heavy atom. The van der Waals surface area contributed by atoms with Crippen molar-refractivity contribution >= 4 is 11.6 Å². The number of hydrogen-bond acceptors (Lipinski definition) is 5. The van der Waals surface area contributed by atoms with Gasteiger partial charge in [-0.1, -0.05) is 0 Å². The van der Waals surface area contributed by atoms with E-state index in [2.05, 4.69) is 20.1 Å². The van der Waals surface area contributed by atoms with Gasteiger partial charge >= 0.3 is 0 Å². The van der Waals surface area contributed by atoms with Gasteiger partial charge in [0, 0.05) is 38.9 Å². The van der Waals surface area contributed by atoms with Crippen LogP contribution in [-0.2, 0) is 4.79 Å². The molecule has 1 aliphatic heterocycles. The monoisotopic (exact) mass is 304 g/mol. The number of amides is 1. The van der Waals surface area contributed by atoms with Gasteiger partial charge in [-0.15, -0.1) is 0 Å². The minimum absolute atomic E-state index is 0.000495. The Kier molecular flexibility index (Phi) is 5.02. The topological polar surface area (TPSA) is 68.7 Å². The molecule has 2 N–H and O–H groups in total. The van der Waals surface area contributed by atoms with E-state index in [1.54, 1.807) is 18.5 Å². The third-order valence-corrected chi connectivity index (χ3v) is 4.39. The van der Waals surface area contributed by atoms with E-state index in [1.807, 2.05) is 6.07 Å². The van der Waals surface area contributed by atoms with Gasteiger partial charge in [0.05, 0.1) is 24.5 Å². The molecule has 0 radical (unpaired) electrons. The molecule has 6 nitrogen and oxygen atoms in total. The number of nitrogens with one attached hydrogen (secondary N) is 1. The van der Waals surface area contributed by atoms with Crippen molar-refractivity contribution < 1.29 is 9.90 Å². The van der Waals surface area contributed by atoms with Crippen molar-refractivity contribution in [2.24, 2.45) is 5.92 Å². The first kappa shape index (κ1) is 15.4. The molecule has 0 bridgehead atoms. The van der Waals surface area contributed by atoms with Crippen molar-refractivity contribution in [3.63, 3.8) is 0 Å². The summed E-state index contributed by atoms with van der Waals surface area (Å²) >= 11 is 0. The zero-order valence-corrected chi connectivity index (χ0v) is 12.8. The number of carbonyl (C=O) groups excluding carboxylic acids is 1. The lowest BCUT2D eigenvalue weighted by molar-refractivity contribution is -0.117. The predicted octanol–water partition coefficient (Wildman–Crippen LogP) is 0.409. The molecular weight excluding hydrogens is 280 g/mol. The maximum atomic E-state index is 12.0. The van der Waals surface area contributed by atoms with Crippen molar-refractivity contribution in [1.29, 1.82) is 0 Å². The second kappa shape index (κ2) is 7.17. The quantitative estimate of drug-likeness (QED) is 0.797. The minimum Gasteiger partial charge on any atom is -0.392 e. The van der Waals surface area contributed by atoms with E-state index in [0.717, 1.165) is 38.4 Å². The molecule has 2 aliphatic rings. The third kappa shape index (κ3) is 4.50. The average Bonchev–Trinajstić information content (AvgIpc) is 3.35. The summed E-state index contributed by atoms with van der Waals surface area (Å²) in [5.41, 5.74) is 0.735. The molecule has 0 unspecified atom stereocenters. The molecule has 1 aromatic heterocycles. The van der Waals surface area contributed by atoms with E-state index in [1.165, 1.54) is 12.8 Å². The molecule has 22 heavy (non-hydrogen) atoms. The van der Waals surface area contributed by atoms with E-state index in [4.69, 9.17) is 0 Å². The fraction of sp³-hybridized carbons (Fsp3) is 0.625. The fourth-order valence-electron chi connectivity index (χ4n) is 2.86. The summed E-state index contributed by atoms with van der Waals surface area (Å²) in [4.78, 5) is 20.4. The molecule has 0 spiro atoms. The van der Waals surface area contributed by atoms with Gasteiger partial charge in [-0.05, 0) is 30.9 Å². The van der Waals surface area contributed by atoms with Crippen LogP contribution in [0.25, 0.3) is 0 Å². The molecule has 1 aromatic rings. The predicted molar refractivity (Wildman–Crippen MR) is 84.5 cm³/mol. The van der Waals surface area contributed by atoms with Crippen LogP contribution in [0.4, 0.5) is 5.69 Å². The maximum Gasteiger partial charge on any atom is 0.238 e. The van der Waals surface area contributed by atoms with E-state index in [9.17, 15) is 9.90 Å². The standard InChI is InChI=1S/C16H24N4O2/c21-15(13-3-4-13)11-19-6-8-20(9-7-19)12-16(22)18-14-2-1-5-17-10-14/h1-2,5,10,13,15,21H,3-4,6-9,11-12H2,(H,18,22)/t15-/m0/s1. The van der Waals surface area contributed by atoms with Crippen molar-refractivity contribution in [3.8, 4) is 0 Å². The molecule has 2 heterocycles. The molecule has 3 rings (SSSR count). The maximum absolute atomic E-state index is 12.0. The minimum atomic E-state index is -0.166. The van der Waals surface area contributed by atoms with Gasteiger partial charge in [0.15, 0.2) is 0 Å². The van der Waals surface area contributed by atoms with Gasteiger partial charge in [0.1, 0.15) is 0 Å². The number of piperazine rings is 1. The molecule has 2 fully saturated rings. The summed E-state index contributed by atoms with van der Waals surface area (Å²) in [5.74, 6) is 0.530. The lowest BCUT2D eigenvalue weighted by Crippen LogP contribution is -2.50. The number of aliphatic hydroxyl groups is 1. The first-order valence-electron chi connectivity index (χ1n) is 8.03. The second-order valence-electron chi connectivity index (χ2n) is 6.27. The van der Waals surface area contributed by atoms with Crippen LogP contribution in [0, 0.1) is 5.92 Å². The zero-order valence-electron chi connectivity index (χ0n) is 12.8. The average molecular weight is 304 g/mol. The van der Waals surface area contributed by atoms with Crippen LogP contribution in [0.15, 0.2) is 24.5 Å². The van der Waals surface area contributed by atoms with E-state index in [-0.39, 0.29) is 12.0 Å². The van der Waals surface area contributed by atoms with Gasteiger partial charge in [0.2, 0.25) is 5.91 Å². The van der Waals surface area contributed by atoms with Crippen LogP contribution in [0.1, 0.15) is 12.8 Å². The number of nitrogens with zero attached hydrogens (tertiary/aromatic N) is 3. The molecule has 1 aliphatic carbocycles. The van der Waals surface area contributed by atoms with Crippen LogP contribution in [-0.4, -0.2) is 71.2 Å². The van der Waals surface area contributed by atoms with Gasteiger partial charge in [-0.25, -0.2) is 0 Å². The van der Waals surface area contributed by atoms with E-state index < -0.39 is 0 Å². The Morgan fingerprint density at radius 2 is 2.05 bits per heavy atom. The zero-order chi connectivity index (χ0) is 15.4. The second-order valence-corrected chi connectivity index (χ2v) is 6.27. The summed E-state index contributed by atoms with van der Waals surface area (Å²) < 4.78 is 0. The van der Waals surface area contributed by atoms with Crippen LogP contribution in [0.5, 0.6) is 0 Å². The Hall–Kier alpha value is -1.50. The highest BCUT2D eigenvalue weighted by Gasteiger charge is 2.31. The first-order chi connectivity index (χ1) is 10.7. The largest absolute Gasteiger partial charge is 0.392 e. The van der Waals surface area contributed by atoms with Crippen LogP contribution < -0.4 is 5.32 Å². The Labute approximate surface area is 131 Å². The van der Waals surface area contributed by atoms with E-state index >= 15 is 0 Å². The Morgan fingerprint density at radius 1 is 1.32 bits per heavy atom. The van der Waals surface area contributed by atoms with Crippen molar-refractivity contribution in [3.05, 3.63) is 24.5 Å². The smallest absolute Gasteiger partial charge is 0.238 e. The summed E-state index contributed by atoms with van der Waals surface area (Å²) in [7, 11) is 0. The van der Waals surface area contributed by atoms with Crippen molar-refractivity contribution in [2.45, 2.75) is 18.9 Å². The number of β-amino-alcohol motifs (C(OH)–C–C–N with tert-alkyl or cyclic N) is 1. The number of rotatable bonds is 6. The third-order valence-electron chi connectivity index (χ3n) is 4.39. The van der Waals surface area contributed by atoms with E-state index in [0.29, 0.717) is 12.5 Å². The summed E-state index contributed by atoms with van der Waals surface area (Å²) in [6.45, 7) is 4.78. The molecule has 120 valence electrons. The first-order valence-corrected chi connectivity index (χ1v) is 8.03. The molecule has 1 atom stereocenters. The highest BCUT2D eigenvalue weighted by Crippen LogP contribution is 2.32. The molecular formula is C16H24N4O2. The Balaban J connectivity index is 1.37. The number of hydrogen-bond donors (Lipinski definition) is 2. The summed E-state index contributed by atoms with van der Waals surface area (Å²) in [6, 6.07) is 3.64. The molecule has 1 amide bonds. The number of aromatic nitrogens is 1. The highest BCUT2D eigenvalue weighted by molar-refractivity contribution is 5.92. The molecule has 6 heteroatoms. The lowest BCUT2D eigenvalue weighted by Gasteiger charge is -2.35. The number of aliphatic hydroxyl groups excluding tert-OH is 1. The van der Waals surface area contributed by atoms with Gasteiger partial charge in [-0.3, -0.25) is 19.6 Å². The number of pyridine rings is 1. The summed E-state index contributed by atoms with van der Waals surface area (Å²) in [5, 5.41) is 12.9. The van der Waals surface area contributed by atoms with Crippen molar-refractivity contribution in [1.82, 2.24) is 14.8 Å². The van der Waals surface area contributed by atoms with Gasteiger partial charge < -0.3 is 10.4 Å². The Bertz CT molecular complexity index is 484. The fourth-order valence-corrected chi connectivity index (χ4v) is 2.86. The van der Waals surface area contributed by atoms with Crippen LogP contribution >= 0.6 is 0 Å². The molecule has 1 saturated heterocycles. The lowest BCUT2D eigenvalue weighted by atomic mass is 10.2. The van der Waals surface area contributed by atoms with Crippen molar-refractivity contribution in [2.75, 3.05) is 44.6 Å². The summed E-state index contributed by atoms with van der Waals surface area (Å²) in [6.07, 6.45) is 5.52. The van der Waals surface area contributed by atoms with Crippen LogP contribution in [0.2, 0.25) is 0 Å². The number of anilines is 1. The molecule has 0 aromatic carbocycles. The van der Waals surface area contributed by atoms with Gasteiger partial charge in [-0.2, -0.15) is 0 Å². The normalized spacial score (nSPS) is 21.5. The van der Waals surface area contributed by atoms with Crippen LogP contribution in [0.3, 0.4) is 0 Å². The highest BCUT2D eigenvalue weighted by atomic mass is 16.3. The number of carbonyl (C=O) groups is 1.